The van der Waals surface area contributed by atoms with Crippen LogP contribution in [0.5, 0.6) is 0 Å². The van der Waals surface area contributed by atoms with Gasteiger partial charge in [0.2, 0.25) is 0 Å². The first-order valence-electron chi connectivity index (χ1n) is 7.15. The fourth-order valence-electron chi connectivity index (χ4n) is 2.86. The van der Waals surface area contributed by atoms with E-state index in [1.54, 1.807) is 13.3 Å². The molecule has 0 N–H and O–H groups in total. The number of hydrogen-bond donors (Lipinski definition) is 0. The number of ether oxygens (including phenoxy) is 1. The first kappa shape index (κ1) is 13.3. The molecule has 1 aromatic carbocycles. The Hall–Kier alpha value is -1.65. The molecule has 1 aliphatic heterocycles. The molecule has 1 saturated heterocycles. The third kappa shape index (κ3) is 3.08. The van der Waals surface area contributed by atoms with Gasteiger partial charge in [-0.1, -0.05) is 12.1 Å². The van der Waals surface area contributed by atoms with Crippen LogP contribution in [-0.4, -0.2) is 41.5 Å². The Labute approximate surface area is 120 Å². The molecule has 2 heterocycles. The van der Waals surface area contributed by atoms with Gasteiger partial charge in [0.25, 0.3) is 0 Å². The minimum Gasteiger partial charge on any atom is -0.384 e. The van der Waals surface area contributed by atoms with E-state index in [0.29, 0.717) is 5.92 Å². The molecule has 1 aromatic heterocycles. The maximum Gasteiger partial charge on any atom is 0.0645 e. The highest BCUT2D eigenvalue weighted by Gasteiger charge is 2.21. The van der Waals surface area contributed by atoms with Gasteiger partial charge in [0.05, 0.1) is 12.3 Å². The molecule has 0 amide bonds. The van der Waals surface area contributed by atoms with Crippen molar-refractivity contribution in [2.24, 2.45) is 5.92 Å². The van der Waals surface area contributed by atoms with Crippen molar-refractivity contribution in [3.63, 3.8) is 0 Å². The monoisotopic (exact) mass is 271 g/mol. The molecular formula is C16H21N3O. The van der Waals surface area contributed by atoms with E-state index in [4.69, 9.17) is 4.74 Å². The van der Waals surface area contributed by atoms with E-state index in [1.165, 1.54) is 18.5 Å². The predicted molar refractivity (Wildman–Crippen MR) is 78.8 cm³/mol. The number of aromatic nitrogens is 2. The Kier molecular flexibility index (Phi) is 4.14. The van der Waals surface area contributed by atoms with Crippen molar-refractivity contribution in [2.75, 3.05) is 26.8 Å². The van der Waals surface area contributed by atoms with Crippen molar-refractivity contribution in [3.8, 4) is 5.69 Å². The van der Waals surface area contributed by atoms with Gasteiger partial charge >= 0.3 is 0 Å². The van der Waals surface area contributed by atoms with Crippen LogP contribution < -0.4 is 0 Å². The second-order valence-electron chi connectivity index (χ2n) is 5.46. The third-order valence-corrected chi connectivity index (χ3v) is 3.88. The Morgan fingerprint density at radius 2 is 2.15 bits per heavy atom. The van der Waals surface area contributed by atoms with Crippen LogP contribution in [0.1, 0.15) is 12.0 Å². The second-order valence-corrected chi connectivity index (χ2v) is 5.46. The van der Waals surface area contributed by atoms with Gasteiger partial charge in [-0.15, -0.1) is 0 Å². The van der Waals surface area contributed by atoms with E-state index >= 15 is 0 Å². The quantitative estimate of drug-likeness (QED) is 0.836. The molecule has 0 bridgehead atoms. The maximum absolute atomic E-state index is 5.24. The van der Waals surface area contributed by atoms with Crippen molar-refractivity contribution in [1.29, 1.82) is 0 Å². The zero-order valence-corrected chi connectivity index (χ0v) is 11.9. The summed E-state index contributed by atoms with van der Waals surface area (Å²) in [4.78, 5) is 2.51. The number of benzene rings is 1. The van der Waals surface area contributed by atoms with Gasteiger partial charge in [-0.2, -0.15) is 5.10 Å². The summed E-state index contributed by atoms with van der Waals surface area (Å²) in [6, 6.07) is 10.6. The average Bonchev–Trinajstić information content (AvgIpc) is 3.12. The van der Waals surface area contributed by atoms with Gasteiger partial charge < -0.3 is 4.74 Å². The van der Waals surface area contributed by atoms with E-state index < -0.39 is 0 Å². The highest BCUT2D eigenvalue weighted by atomic mass is 16.5. The summed E-state index contributed by atoms with van der Waals surface area (Å²) < 4.78 is 7.13. The molecule has 1 fully saturated rings. The van der Waals surface area contributed by atoms with Gasteiger partial charge in [0, 0.05) is 32.6 Å². The third-order valence-electron chi connectivity index (χ3n) is 3.88. The van der Waals surface area contributed by atoms with Crippen molar-refractivity contribution >= 4 is 0 Å². The molecule has 2 aromatic rings. The van der Waals surface area contributed by atoms with Crippen LogP contribution in [0.2, 0.25) is 0 Å². The Morgan fingerprint density at radius 1 is 1.30 bits per heavy atom. The summed E-state index contributed by atoms with van der Waals surface area (Å²) in [6.45, 7) is 4.23. The molecular weight excluding hydrogens is 250 g/mol. The first-order valence-corrected chi connectivity index (χ1v) is 7.15. The maximum atomic E-state index is 5.24. The lowest BCUT2D eigenvalue weighted by atomic mass is 10.1. The first-order chi connectivity index (χ1) is 9.85. The Bertz CT molecular complexity index is 521. The summed E-state index contributed by atoms with van der Waals surface area (Å²) >= 11 is 0. The molecule has 0 spiro atoms. The van der Waals surface area contributed by atoms with E-state index in [2.05, 4.69) is 34.3 Å². The van der Waals surface area contributed by atoms with E-state index in [1.807, 2.05) is 16.9 Å². The smallest absolute Gasteiger partial charge is 0.0645 e. The van der Waals surface area contributed by atoms with Crippen molar-refractivity contribution in [3.05, 3.63) is 48.3 Å². The van der Waals surface area contributed by atoms with E-state index in [0.717, 1.165) is 25.4 Å². The number of rotatable bonds is 5. The van der Waals surface area contributed by atoms with Gasteiger partial charge in [0.1, 0.15) is 0 Å². The standard InChI is InChI=1S/C16H21N3O/c1-20-13-15-7-10-18(12-15)11-14-3-5-16(6-4-14)19-9-2-8-17-19/h2-6,8-9,15H,7,10-13H2,1H3. The molecule has 1 atom stereocenters. The van der Waals surface area contributed by atoms with Crippen LogP contribution in [0, 0.1) is 5.92 Å². The normalized spacial score (nSPS) is 19.6. The molecule has 106 valence electrons. The summed E-state index contributed by atoms with van der Waals surface area (Å²) in [5, 5.41) is 4.24. The summed E-state index contributed by atoms with van der Waals surface area (Å²) in [6.07, 6.45) is 5.01. The average molecular weight is 271 g/mol. The number of hydrogen-bond acceptors (Lipinski definition) is 3. The van der Waals surface area contributed by atoms with Gasteiger partial charge in [-0.25, -0.2) is 4.68 Å². The van der Waals surface area contributed by atoms with E-state index in [-0.39, 0.29) is 0 Å². The summed E-state index contributed by atoms with van der Waals surface area (Å²) in [5.41, 5.74) is 2.47. The van der Waals surface area contributed by atoms with E-state index in [9.17, 15) is 0 Å². The zero-order chi connectivity index (χ0) is 13.8. The van der Waals surface area contributed by atoms with Gasteiger partial charge in [0.15, 0.2) is 0 Å². The summed E-state index contributed by atoms with van der Waals surface area (Å²) in [7, 11) is 1.79. The predicted octanol–water partition coefficient (Wildman–Crippen LogP) is 2.34. The molecule has 0 saturated carbocycles. The molecule has 20 heavy (non-hydrogen) atoms. The highest BCUT2D eigenvalue weighted by molar-refractivity contribution is 5.33. The SMILES string of the molecule is COCC1CCN(Cc2ccc(-n3cccn3)cc2)C1. The van der Waals surface area contributed by atoms with Gasteiger partial charge in [-0.05, 0) is 42.6 Å². The lowest BCUT2D eigenvalue weighted by Gasteiger charge is -2.16. The number of methoxy groups -OCH3 is 1. The van der Waals surface area contributed by atoms with Crippen molar-refractivity contribution < 1.29 is 4.74 Å². The molecule has 4 heteroatoms. The fourth-order valence-corrected chi connectivity index (χ4v) is 2.86. The molecule has 4 nitrogen and oxygen atoms in total. The molecule has 1 unspecified atom stereocenters. The minimum atomic E-state index is 0.698. The van der Waals surface area contributed by atoms with Crippen LogP contribution in [-0.2, 0) is 11.3 Å². The molecule has 3 rings (SSSR count). The molecule has 0 radical (unpaired) electrons. The topological polar surface area (TPSA) is 30.3 Å². The van der Waals surface area contributed by atoms with Crippen LogP contribution in [0.3, 0.4) is 0 Å². The highest BCUT2D eigenvalue weighted by Crippen LogP contribution is 2.19. The van der Waals surface area contributed by atoms with Crippen molar-refractivity contribution in [2.45, 2.75) is 13.0 Å². The lowest BCUT2D eigenvalue weighted by molar-refractivity contribution is 0.152. The van der Waals surface area contributed by atoms with Crippen LogP contribution in [0.25, 0.3) is 5.69 Å². The van der Waals surface area contributed by atoms with Crippen LogP contribution in [0.4, 0.5) is 0 Å². The lowest BCUT2D eigenvalue weighted by Crippen LogP contribution is -2.21. The Morgan fingerprint density at radius 3 is 2.85 bits per heavy atom. The summed E-state index contributed by atoms with van der Waals surface area (Å²) in [5.74, 6) is 0.698. The number of nitrogens with zero attached hydrogens (tertiary/aromatic N) is 3. The number of likely N-dealkylation sites (tertiary alicyclic amines) is 1. The van der Waals surface area contributed by atoms with Crippen LogP contribution >= 0.6 is 0 Å². The molecule has 1 aliphatic rings. The van der Waals surface area contributed by atoms with Gasteiger partial charge in [-0.3, -0.25) is 4.90 Å². The minimum absolute atomic E-state index is 0.698. The molecule has 0 aliphatic carbocycles. The van der Waals surface area contributed by atoms with Crippen molar-refractivity contribution in [1.82, 2.24) is 14.7 Å². The fraction of sp³-hybridized carbons (Fsp3) is 0.438. The Balaban J connectivity index is 1.59. The second kappa shape index (κ2) is 6.20. The largest absolute Gasteiger partial charge is 0.384 e. The zero-order valence-electron chi connectivity index (χ0n) is 11.9. The van der Waals surface area contributed by atoms with Crippen LogP contribution in [0.15, 0.2) is 42.7 Å².